The molecule has 0 saturated carbocycles. The lowest BCUT2D eigenvalue weighted by atomic mass is 9.99. The Labute approximate surface area is 175 Å². The highest BCUT2D eigenvalue weighted by Gasteiger charge is 2.17. The molecule has 0 amide bonds. The second-order valence-corrected chi connectivity index (χ2v) is 7.12. The van der Waals surface area contributed by atoms with Crippen molar-refractivity contribution in [2.45, 2.75) is 20.3 Å². The van der Waals surface area contributed by atoms with E-state index in [2.05, 4.69) is 41.2 Å². The third kappa shape index (κ3) is 3.79. The fourth-order valence-corrected chi connectivity index (χ4v) is 3.71. The number of hydrogen-bond acceptors (Lipinski definition) is 4. The maximum absolute atomic E-state index is 11.9. The molecule has 5 heteroatoms. The summed E-state index contributed by atoms with van der Waals surface area (Å²) in [5, 5.41) is 1.13. The molecular formula is C25H24N2O3. The lowest BCUT2D eigenvalue weighted by Gasteiger charge is -2.09. The summed E-state index contributed by atoms with van der Waals surface area (Å²) in [6.07, 6.45) is 0.586. The summed E-state index contributed by atoms with van der Waals surface area (Å²) in [6.45, 7) is 4.66. The molecule has 0 aliphatic rings. The van der Waals surface area contributed by atoms with Crippen molar-refractivity contribution in [3.63, 3.8) is 0 Å². The number of hydrogen-bond donors (Lipinski definition) is 1. The Morgan fingerprint density at radius 3 is 2.60 bits per heavy atom. The Kier molecular flexibility index (Phi) is 5.53. The van der Waals surface area contributed by atoms with Crippen LogP contribution in [0.2, 0.25) is 0 Å². The van der Waals surface area contributed by atoms with Crippen molar-refractivity contribution in [2.75, 3.05) is 13.7 Å². The summed E-state index contributed by atoms with van der Waals surface area (Å²) in [5.74, 6) is 0.444. The van der Waals surface area contributed by atoms with Gasteiger partial charge in [0.2, 0.25) is 0 Å². The van der Waals surface area contributed by atoms with Crippen LogP contribution in [0.15, 0.2) is 60.7 Å². The van der Waals surface area contributed by atoms with Gasteiger partial charge in [-0.05, 0) is 48.7 Å². The van der Waals surface area contributed by atoms with E-state index in [1.165, 1.54) is 7.11 Å². The van der Waals surface area contributed by atoms with Crippen molar-refractivity contribution in [2.24, 2.45) is 0 Å². The van der Waals surface area contributed by atoms with Gasteiger partial charge in [-0.3, -0.25) is 0 Å². The third-order valence-corrected chi connectivity index (χ3v) is 5.12. The molecule has 0 saturated heterocycles. The number of rotatable bonds is 6. The van der Waals surface area contributed by atoms with Gasteiger partial charge in [0.25, 0.3) is 0 Å². The molecule has 4 rings (SSSR count). The number of pyridine rings is 1. The van der Waals surface area contributed by atoms with Gasteiger partial charge in [0, 0.05) is 29.1 Å². The SMILES string of the molecule is CCOc1cc2[nH]c(-c3ccccc3)c(Cc3cccc(C(=O)OC)n3)c2cc1C. The Hall–Kier alpha value is -3.60. The number of nitrogens with one attached hydrogen (secondary N) is 1. The second kappa shape index (κ2) is 8.41. The molecule has 30 heavy (non-hydrogen) atoms. The summed E-state index contributed by atoms with van der Waals surface area (Å²) in [4.78, 5) is 20.0. The predicted molar refractivity (Wildman–Crippen MR) is 118 cm³/mol. The monoisotopic (exact) mass is 400 g/mol. The fourth-order valence-electron chi connectivity index (χ4n) is 3.71. The number of aromatic nitrogens is 2. The summed E-state index contributed by atoms with van der Waals surface area (Å²) in [7, 11) is 1.36. The number of carbonyl (C=O) groups excluding carboxylic acids is 1. The van der Waals surface area contributed by atoms with Gasteiger partial charge in [0.05, 0.1) is 19.4 Å². The van der Waals surface area contributed by atoms with Crippen molar-refractivity contribution in [1.29, 1.82) is 0 Å². The van der Waals surface area contributed by atoms with Crippen LogP contribution >= 0.6 is 0 Å². The number of fused-ring (bicyclic) bond motifs is 1. The minimum Gasteiger partial charge on any atom is -0.494 e. The van der Waals surface area contributed by atoms with E-state index >= 15 is 0 Å². The summed E-state index contributed by atoms with van der Waals surface area (Å²) in [5.41, 5.74) is 6.50. The average Bonchev–Trinajstić information content (AvgIpc) is 3.11. The molecule has 0 unspecified atom stereocenters. The van der Waals surface area contributed by atoms with Gasteiger partial charge in [-0.1, -0.05) is 36.4 Å². The van der Waals surface area contributed by atoms with Crippen LogP contribution in [0.3, 0.4) is 0 Å². The highest BCUT2D eigenvalue weighted by molar-refractivity contribution is 5.93. The maximum atomic E-state index is 11.9. The molecule has 2 heterocycles. The first-order chi connectivity index (χ1) is 14.6. The molecule has 0 radical (unpaired) electrons. The molecule has 2 aromatic carbocycles. The molecule has 4 aromatic rings. The summed E-state index contributed by atoms with van der Waals surface area (Å²) >= 11 is 0. The number of aryl methyl sites for hydroxylation is 1. The zero-order valence-corrected chi connectivity index (χ0v) is 17.4. The van der Waals surface area contributed by atoms with Crippen LogP contribution in [-0.4, -0.2) is 29.7 Å². The first kappa shape index (κ1) is 19.7. The Morgan fingerprint density at radius 1 is 1.07 bits per heavy atom. The lowest BCUT2D eigenvalue weighted by Crippen LogP contribution is -2.06. The molecule has 5 nitrogen and oxygen atoms in total. The van der Waals surface area contributed by atoms with Gasteiger partial charge in [0.1, 0.15) is 11.4 Å². The second-order valence-electron chi connectivity index (χ2n) is 7.12. The third-order valence-electron chi connectivity index (χ3n) is 5.12. The van der Waals surface area contributed by atoms with Crippen LogP contribution in [0.5, 0.6) is 5.75 Å². The normalized spacial score (nSPS) is 10.9. The van der Waals surface area contributed by atoms with Gasteiger partial charge in [0.15, 0.2) is 0 Å². The first-order valence-corrected chi connectivity index (χ1v) is 9.98. The van der Waals surface area contributed by atoms with Crippen molar-refractivity contribution < 1.29 is 14.3 Å². The molecule has 0 bridgehead atoms. The zero-order valence-electron chi connectivity index (χ0n) is 17.4. The van der Waals surface area contributed by atoms with Crippen LogP contribution in [0, 0.1) is 6.92 Å². The number of carbonyl (C=O) groups is 1. The molecule has 0 spiro atoms. The number of nitrogens with zero attached hydrogens (tertiary/aromatic N) is 1. The number of aromatic amines is 1. The Bertz CT molecular complexity index is 1200. The Balaban J connectivity index is 1.86. The van der Waals surface area contributed by atoms with Crippen LogP contribution < -0.4 is 4.74 Å². The Morgan fingerprint density at radius 2 is 1.87 bits per heavy atom. The van der Waals surface area contributed by atoms with Crippen LogP contribution in [0.1, 0.15) is 34.2 Å². The summed E-state index contributed by atoms with van der Waals surface area (Å²) in [6, 6.07) is 19.9. The average molecular weight is 400 g/mol. The molecule has 0 aliphatic heterocycles. The molecule has 0 fully saturated rings. The molecule has 0 aliphatic carbocycles. The number of methoxy groups -OCH3 is 1. The fraction of sp³-hybridized carbons (Fsp3) is 0.200. The van der Waals surface area contributed by atoms with Crippen molar-refractivity contribution in [1.82, 2.24) is 9.97 Å². The lowest BCUT2D eigenvalue weighted by molar-refractivity contribution is 0.0593. The minimum absolute atomic E-state index is 0.311. The highest BCUT2D eigenvalue weighted by atomic mass is 16.5. The molecule has 2 aromatic heterocycles. The quantitative estimate of drug-likeness (QED) is 0.445. The van der Waals surface area contributed by atoms with E-state index < -0.39 is 5.97 Å². The number of ether oxygens (including phenoxy) is 2. The maximum Gasteiger partial charge on any atom is 0.356 e. The topological polar surface area (TPSA) is 64.2 Å². The van der Waals surface area contributed by atoms with Crippen molar-refractivity contribution in [3.8, 4) is 17.0 Å². The highest BCUT2D eigenvalue weighted by Crippen LogP contribution is 2.35. The van der Waals surface area contributed by atoms with E-state index in [4.69, 9.17) is 9.47 Å². The van der Waals surface area contributed by atoms with Crippen LogP contribution in [0.4, 0.5) is 0 Å². The molecule has 0 atom stereocenters. The van der Waals surface area contributed by atoms with Gasteiger partial charge in [-0.15, -0.1) is 0 Å². The van der Waals surface area contributed by atoms with E-state index in [0.29, 0.717) is 18.7 Å². The van der Waals surface area contributed by atoms with Gasteiger partial charge in [-0.25, -0.2) is 9.78 Å². The van der Waals surface area contributed by atoms with Crippen molar-refractivity contribution in [3.05, 3.63) is 83.2 Å². The number of H-pyrrole nitrogens is 1. The van der Waals surface area contributed by atoms with E-state index in [1.54, 1.807) is 6.07 Å². The molecule has 152 valence electrons. The first-order valence-electron chi connectivity index (χ1n) is 9.98. The standard InChI is InChI=1S/C25H24N2O3/c1-4-30-23-15-22-19(13-16(23)2)20(24(27-22)17-9-6-5-7-10-17)14-18-11-8-12-21(26-18)25(28)29-3/h5-13,15,27H,4,14H2,1-3H3. The summed E-state index contributed by atoms with van der Waals surface area (Å²) < 4.78 is 10.6. The van der Waals surface area contributed by atoms with Gasteiger partial charge >= 0.3 is 5.97 Å². The predicted octanol–water partition coefficient (Wildman–Crippen LogP) is 5.31. The van der Waals surface area contributed by atoms with Crippen LogP contribution in [0.25, 0.3) is 22.2 Å². The zero-order chi connectivity index (χ0) is 21.1. The van der Waals surface area contributed by atoms with Crippen LogP contribution in [-0.2, 0) is 11.2 Å². The van der Waals surface area contributed by atoms with E-state index in [9.17, 15) is 4.79 Å². The number of benzene rings is 2. The van der Waals surface area contributed by atoms with Gasteiger partial charge in [-0.2, -0.15) is 0 Å². The van der Waals surface area contributed by atoms with E-state index in [0.717, 1.165) is 44.7 Å². The molecular weight excluding hydrogens is 376 g/mol. The molecule has 1 N–H and O–H groups in total. The van der Waals surface area contributed by atoms with E-state index in [1.807, 2.05) is 37.3 Å². The number of esters is 1. The van der Waals surface area contributed by atoms with E-state index in [-0.39, 0.29) is 0 Å². The largest absolute Gasteiger partial charge is 0.494 e. The van der Waals surface area contributed by atoms with Crippen molar-refractivity contribution >= 4 is 16.9 Å². The minimum atomic E-state index is -0.434. The smallest absolute Gasteiger partial charge is 0.356 e. The van der Waals surface area contributed by atoms with Gasteiger partial charge < -0.3 is 14.5 Å².